The molecule has 3 nitrogen and oxygen atoms in total. The van der Waals surface area contributed by atoms with Crippen molar-refractivity contribution in [3.63, 3.8) is 0 Å². The van der Waals surface area contributed by atoms with Crippen LogP contribution in [-0.2, 0) is 4.79 Å². The third-order valence-corrected chi connectivity index (χ3v) is 3.27. The van der Waals surface area contributed by atoms with Crippen molar-refractivity contribution >= 4 is 5.91 Å². The molecule has 0 bridgehead atoms. The van der Waals surface area contributed by atoms with Crippen LogP contribution in [-0.4, -0.2) is 24.0 Å². The number of hydrogen-bond donors (Lipinski definition) is 2. The smallest absolute Gasteiger partial charge is 0.234 e. The fraction of sp³-hybridized carbons (Fsp3) is 0.923. The van der Waals surface area contributed by atoms with Crippen molar-refractivity contribution in [2.24, 2.45) is 11.8 Å². The molecule has 16 heavy (non-hydrogen) atoms. The topological polar surface area (TPSA) is 41.1 Å². The Kier molecular flexibility index (Phi) is 3.24. The highest BCUT2D eigenvalue weighted by atomic mass is 16.2. The van der Waals surface area contributed by atoms with Gasteiger partial charge >= 0.3 is 0 Å². The third-order valence-electron chi connectivity index (χ3n) is 3.27. The standard InChI is InChI=1S/C13H24N2O/c1-13(2,3)15-11(16)8-14-12(9-4-5-9)10-6-7-10/h9-10,12,14H,4-8H2,1-3H3,(H,15,16). The Balaban J connectivity index is 1.70. The van der Waals surface area contributed by atoms with Gasteiger partial charge in [-0.15, -0.1) is 0 Å². The van der Waals surface area contributed by atoms with Crippen molar-refractivity contribution < 1.29 is 4.79 Å². The highest BCUT2D eigenvalue weighted by Crippen LogP contribution is 2.44. The summed E-state index contributed by atoms with van der Waals surface area (Å²) >= 11 is 0. The largest absolute Gasteiger partial charge is 0.350 e. The van der Waals surface area contributed by atoms with Gasteiger partial charge in [0.2, 0.25) is 5.91 Å². The van der Waals surface area contributed by atoms with Gasteiger partial charge in [-0.3, -0.25) is 4.79 Å². The molecule has 0 unspecified atom stereocenters. The van der Waals surface area contributed by atoms with Crippen LogP contribution in [0.2, 0.25) is 0 Å². The average molecular weight is 224 g/mol. The van der Waals surface area contributed by atoms with Gasteiger partial charge in [0.25, 0.3) is 0 Å². The minimum atomic E-state index is -0.118. The van der Waals surface area contributed by atoms with E-state index in [9.17, 15) is 4.79 Å². The summed E-state index contributed by atoms with van der Waals surface area (Å²) in [4.78, 5) is 11.7. The first-order valence-corrected chi connectivity index (χ1v) is 6.50. The van der Waals surface area contributed by atoms with Gasteiger partial charge in [0, 0.05) is 11.6 Å². The Bertz CT molecular complexity index is 250. The third kappa shape index (κ3) is 3.78. The summed E-state index contributed by atoms with van der Waals surface area (Å²) in [6.07, 6.45) is 5.42. The molecule has 2 N–H and O–H groups in total. The van der Waals surface area contributed by atoms with Crippen molar-refractivity contribution in [2.75, 3.05) is 6.54 Å². The van der Waals surface area contributed by atoms with Gasteiger partial charge in [0.1, 0.15) is 0 Å². The maximum absolute atomic E-state index is 11.7. The first-order valence-electron chi connectivity index (χ1n) is 6.50. The number of hydrogen-bond acceptors (Lipinski definition) is 2. The zero-order valence-electron chi connectivity index (χ0n) is 10.7. The molecule has 1 amide bonds. The zero-order valence-corrected chi connectivity index (χ0v) is 10.7. The van der Waals surface area contributed by atoms with E-state index in [0.29, 0.717) is 12.6 Å². The maximum atomic E-state index is 11.7. The first kappa shape index (κ1) is 11.9. The van der Waals surface area contributed by atoms with Crippen LogP contribution >= 0.6 is 0 Å². The molecule has 0 heterocycles. The number of rotatable bonds is 5. The van der Waals surface area contributed by atoms with Gasteiger partial charge in [-0.05, 0) is 58.3 Å². The normalized spacial score (nSPS) is 21.2. The van der Waals surface area contributed by atoms with E-state index in [2.05, 4.69) is 10.6 Å². The lowest BCUT2D eigenvalue weighted by atomic mass is 10.1. The molecule has 0 aliphatic heterocycles. The Morgan fingerprint density at radius 3 is 2.06 bits per heavy atom. The lowest BCUT2D eigenvalue weighted by Crippen LogP contribution is -2.47. The average Bonchev–Trinajstić information content (AvgIpc) is 2.97. The van der Waals surface area contributed by atoms with Crippen LogP contribution < -0.4 is 10.6 Å². The van der Waals surface area contributed by atoms with E-state index in [1.807, 2.05) is 20.8 Å². The molecular weight excluding hydrogens is 200 g/mol. The summed E-state index contributed by atoms with van der Waals surface area (Å²) in [5, 5.41) is 6.45. The van der Waals surface area contributed by atoms with Gasteiger partial charge in [-0.1, -0.05) is 0 Å². The molecule has 0 saturated heterocycles. The fourth-order valence-electron chi connectivity index (χ4n) is 2.30. The fourth-order valence-corrected chi connectivity index (χ4v) is 2.30. The quantitative estimate of drug-likeness (QED) is 0.746. The van der Waals surface area contributed by atoms with Gasteiger partial charge in [-0.2, -0.15) is 0 Å². The van der Waals surface area contributed by atoms with Gasteiger partial charge in [0.05, 0.1) is 6.54 Å². The molecule has 0 aromatic rings. The van der Waals surface area contributed by atoms with Crippen molar-refractivity contribution in [1.29, 1.82) is 0 Å². The predicted molar refractivity (Wildman–Crippen MR) is 65.1 cm³/mol. The maximum Gasteiger partial charge on any atom is 0.234 e. The summed E-state index contributed by atoms with van der Waals surface area (Å²) in [5.41, 5.74) is -0.118. The van der Waals surface area contributed by atoms with Gasteiger partial charge < -0.3 is 10.6 Å². The van der Waals surface area contributed by atoms with Crippen molar-refractivity contribution in [1.82, 2.24) is 10.6 Å². The SMILES string of the molecule is CC(C)(C)NC(=O)CNC(C1CC1)C1CC1. The second-order valence-electron chi connectivity index (χ2n) is 6.38. The van der Waals surface area contributed by atoms with Crippen LogP contribution in [0.15, 0.2) is 0 Å². The van der Waals surface area contributed by atoms with E-state index < -0.39 is 0 Å². The lowest BCUT2D eigenvalue weighted by molar-refractivity contribution is -0.121. The summed E-state index contributed by atoms with van der Waals surface area (Å²) in [6.45, 7) is 6.54. The molecule has 2 aliphatic rings. The second-order valence-corrected chi connectivity index (χ2v) is 6.38. The van der Waals surface area contributed by atoms with Crippen LogP contribution in [0.1, 0.15) is 46.5 Å². The zero-order chi connectivity index (χ0) is 11.8. The summed E-state index contributed by atoms with van der Waals surface area (Å²) in [7, 11) is 0. The number of carbonyl (C=O) groups excluding carboxylic acids is 1. The molecule has 0 aromatic heterocycles. The first-order chi connectivity index (χ1) is 7.46. The predicted octanol–water partition coefficient (Wildman–Crippen LogP) is 1.68. The van der Waals surface area contributed by atoms with Crippen LogP contribution in [0.5, 0.6) is 0 Å². The van der Waals surface area contributed by atoms with Crippen molar-refractivity contribution in [3.05, 3.63) is 0 Å². The summed E-state index contributed by atoms with van der Waals surface area (Å²) in [5.74, 6) is 1.84. The van der Waals surface area contributed by atoms with Crippen LogP contribution in [0, 0.1) is 11.8 Å². The van der Waals surface area contributed by atoms with E-state index in [1.165, 1.54) is 25.7 Å². The molecule has 2 saturated carbocycles. The molecule has 2 fully saturated rings. The molecule has 0 atom stereocenters. The molecule has 0 spiro atoms. The monoisotopic (exact) mass is 224 g/mol. The number of carbonyl (C=O) groups is 1. The molecule has 0 radical (unpaired) electrons. The van der Waals surface area contributed by atoms with E-state index in [4.69, 9.17) is 0 Å². The minimum Gasteiger partial charge on any atom is -0.350 e. The number of nitrogens with one attached hydrogen (secondary N) is 2. The molecule has 2 rings (SSSR count). The van der Waals surface area contributed by atoms with Crippen LogP contribution in [0.25, 0.3) is 0 Å². The summed E-state index contributed by atoms with van der Waals surface area (Å²) < 4.78 is 0. The van der Waals surface area contributed by atoms with Crippen molar-refractivity contribution in [2.45, 2.75) is 58.0 Å². The highest BCUT2D eigenvalue weighted by Gasteiger charge is 2.41. The van der Waals surface area contributed by atoms with E-state index >= 15 is 0 Å². The Morgan fingerprint density at radius 2 is 1.69 bits per heavy atom. The molecular formula is C13H24N2O. The highest BCUT2D eigenvalue weighted by molar-refractivity contribution is 5.78. The summed E-state index contributed by atoms with van der Waals surface area (Å²) in [6, 6.07) is 0.616. The van der Waals surface area contributed by atoms with E-state index in [1.54, 1.807) is 0 Å². The van der Waals surface area contributed by atoms with Crippen molar-refractivity contribution in [3.8, 4) is 0 Å². The van der Waals surface area contributed by atoms with Gasteiger partial charge in [-0.25, -0.2) is 0 Å². The molecule has 2 aliphatic carbocycles. The Labute approximate surface area is 98.4 Å². The van der Waals surface area contributed by atoms with Crippen LogP contribution in [0.3, 0.4) is 0 Å². The number of amides is 1. The lowest BCUT2D eigenvalue weighted by Gasteiger charge is -2.22. The minimum absolute atomic E-state index is 0.118. The second kappa shape index (κ2) is 4.36. The van der Waals surface area contributed by atoms with Gasteiger partial charge in [0.15, 0.2) is 0 Å². The molecule has 3 heteroatoms. The Morgan fingerprint density at radius 1 is 1.19 bits per heavy atom. The molecule has 92 valence electrons. The molecule has 0 aromatic carbocycles. The van der Waals surface area contributed by atoms with E-state index in [0.717, 1.165) is 11.8 Å². The van der Waals surface area contributed by atoms with Crippen LogP contribution in [0.4, 0.5) is 0 Å². The van der Waals surface area contributed by atoms with E-state index in [-0.39, 0.29) is 11.4 Å². The Hall–Kier alpha value is -0.570.